The van der Waals surface area contributed by atoms with Crippen LogP contribution in [0.3, 0.4) is 0 Å². The minimum atomic E-state index is 0.671. The van der Waals surface area contributed by atoms with Crippen molar-refractivity contribution in [1.82, 2.24) is 4.90 Å². The first-order chi connectivity index (χ1) is 8.13. The SMILES string of the molecule is C=C1C(Cl)=CC=C(c2ccc(OC)cc2)N1C. The van der Waals surface area contributed by atoms with Crippen LogP contribution >= 0.6 is 11.6 Å². The average Bonchev–Trinajstić information content (AvgIpc) is 2.36. The van der Waals surface area contributed by atoms with Gasteiger partial charge in [0, 0.05) is 12.7 Å². The molecule has 0 radical (unpaired) electrons. The number of methoxy groups -OCH3 is 1. The highest BCUT2D eigenvalue weighted by atomic mass is 35.5. The van der Waals surface area contributed by atoms with Gasteiger partial charge in [-0.25, -0.2) is 0 Å². The summed E-state index contributed by atoms with van der Waals surface area (Å²) in [7, 11) is 3.61. The second-order valence-electron chi connectivity index (χ2n) is 3.80. The van der Waals surface area contributed by atoms with Gasteiger partial charge in [-0.3, -0.25) is 0 Å². The number of benzene rings is 1. The van der Waals surface area contributed by atoms with E-state index in [4.69, 9.17) is 16.3 Å². The van der Waals surface area contributed by atoms with E-state index in [0.29, 0.717) is 5.03 Å². The second kappa shape index (κ2) is 4.68. The van der Waals surface area contributed by atoms with E-state index < -0.39 is 0 Å². The third-order valence-corrected chi connectivity index (χ3v) is 3.16. The van der Waals surface area contributed by atoms with Gasteiger partial charge in [0.2, 0.25) is 0 Å². The maximum absolute atomic E-state index is 6.02. The van der Waals surface area contributed by atoms with Gasteiger partial charge < -0.3 is 9.64 Å². The van der Waals surface area contributed by atoms with Crippen molar-refractivity contribution in [2.45, 2.75) is 0 Å². The molecule has 2 nitrogen and oxygen atoms in total. The first-order valence-electron chi connectivity index (χ1n) is 5.28. The largest absolute Gasteiger partial charge is 0.497 e. The van der Waals surface area contributed by atoms with Crippen molar-refractivity contribution in [3.05, 3.63) is 59.3 Å². The Labute approximate surface area is 106 Å². The van der Waals surface area contributed by atoms with Crippen LogP contribution in [0.1, 0.15) is 5.56 Å². The van der Waals surface area contributed by atoms with Gasteiger partial charge in [-0.1, -0.05) is 18.2 Å². The Morgan fingerprint density at radius 2 is 1.82 bits per heavy atom. The molecule has 0 unspecified atom stereocenters. The summed E-state index contributed by atoms with van der Waals surface area (Å²) in [6, 6.07) is 7.91. The topological polar surface area (TPSA) is 12.5 Å². The molecule has 1 aromatic rings. The van der Waals surface area contributed by atoms with Gasteiger partial charge in [-0.15, -0.1) is 0 Å². The molecule has 0 aromatic heterocycles. The van der Waals surface area contributed by atoms with Gasteiger partial charge in [0.1, 0.15) is 5.75 Å². The number of nitrogens with zero attached hydrogens (tertiary/aromatic N) is 1. The van der Waals surface area contributed by atoms with Crippen LogP contribution in [0.2, 0.25) is 0 Å². The molecule has 0 aliphatic carbocycles. The van der Waals surface area contributed by atoms with Crippen LogP contribution in [0.5, 0.6) is 5.75 Å². The monoisotopic (exact) mass is 247 g/mol. The van der Waals surface area contributed by atoms with Gasteiger partial charge >= 0.3 is 0 Å². The first-order valence-corrected chi connectivity index (χ1v) is 5.66. The number of halogens is 1. The lowest BCUT2D eigenvalue weighted by Gasteiger charge is -2.27. The lowest BCUT2D eigenvalue weighted by molar-refractivity contribution is 0.414. The Kier molecular flexibility index (Phi) is 3.25. The van der Waals surface area contributed by atoms with Crippen LogP contribution in [0, 0.1) is 0 Å². The summed E-state index contributed by atoms with van der Waals surface area (Å²) < 4.78 is 5.14. The summed E-state index contributed by atoms with van der Waals surface area (Å²) in [6.45, 7) is 3.95. The average molecular weight is 248 g/mol. The molecule has 0 N–H and O–H groups in total. The number of rotatable bonds is 2. The minimum Gasteiger partial charge on any atom is -0.497 e. The quantitative estimate of drug-likeness (QED) is 0.792. The van der Waals surface area contributed by atoms with Crippen LogP contribution in [0.15, 0.2) is 53.7 Å². The molecule has 2 rings (SSSR count). The van der Waals surface area contributed by atoms with E-state index >= 15 is 0 Å². The van der Waals surface area contributed by atoms with E-state index in [0.717, 1.165) is 22.7 Å². The van der Waals surface area contributed by atoms with Crippen LogP contribution in [-0.2, 0) is 0 Å². The van der Waals surface area contributed by atoms with Crippen molar-refractivity contribution < 1.29 is 4.74 Å². The first kappa shape index (κ1) is 11.8. The zero-order valence-electron chi connectivity index (χ0n) is 9.90. The highest BCUT2D eigenvalue weighted by Crippen LogP contribution is 2.31. The number of hydrogen-bond donors (Lipinski definition) is 0. The Bertz CT molecular complexity index is 499. The summed E-state index contributed by atoms with van der Waals surface area (Å²) in [6.07, 6.45) is 3.85. The normalized spacial score (nSPS) is 15.5. The highest BCUT2D eigenvalue weighted by molar-refractivity contribution is 6.32. The van der Waals surface area contributed by atoms with Crippen molar-refractivity contribution in [1.29, 1.82) is 0 Å². The Morgan fingerprint density at radius 3 is 2.41 bits per heavy atom. The molecular weight excluding hydrogens is 234 g/mol. The van der Waals surface area contributed by atoms with Gasteiger partial charge in [0.15, 0.2) is 0 Å². The standard InChI is InChI=1S/C14H14ClNO/c1-10-13(15)8-9-14(16(10)2)11-4-6-12(17-3)7-5-11/h4-9H,1H2,2-3H3. The molecule has 1 aliphatic heterocycles. The maximum atomic E-state index is 6.02. The molecule has 0 saturated carbocycles. The number of allylic oxidation sites excluding steroid dienone is 3. The van der Waals surface area contributed by atoms with E-state index in [1.807, 2.05) is 48.4 Å². The molecule has 1 heterocycles. The molecule has 0 spiro atoms. The van der Waals surface area contributed by atoms with Crippen molar-refractivity contribution in [3.63, 3.8) is 0 Å². The summed E-state index contributed by atoms with van der Waals surface area (Å²) in [5.41, 5.74) is 2.98. The fourth-order valence-electron chi connectivity index (χ4n) is 1.72. The highest BCUT2D eigenvalue weighted by Gasteiger charge is 2.15. The van der Waals surface area contributed by atoms with Crippen LogP contribution in [0.25, 0.3) is 5.70 Å². The third kappa shape index (κ3) is 2.22. The van der Waals surface area contributed by atoms with E-state index in [1.54, 1.807) is 7.11 Å². The Balaban J connectivity index is 2.36. The molecular formula is C14H14ClNO. The van der Waals surface area contributed by atoms with Crippen LogP contribution < -0.4 is 4.74 Å². The van der Waals surface area contributed by atoms with E-state index in [-0.39, 0.29) is 0 Å². The van der Waals surface area contributed by atoms with Crippen molar-refractivity contribution >= 4 is 17.3 Å². The smallest absolute Gasteiger partial charge is 0.118 e. The van der Waals surface area contributed by atoms with Gasteiger partial charge in [-0.05, 0) is 42.0 Å². The van der Waals surface area contributed by atoms with Crippen molar-refractivity contribution in [2.75, 3.05) is 14.2 Å². The fourth-order valence-corrected chi connectivity index (χ4v) is 1.91. The number of hydrogen-bond acceptors (Lipinski definition) is 2. The molecule has 17 heavy (non-hydrogen) atoms. The fraction of sp³-hybridized carbons (Fsp3) is 0.143. The molecule has 0 saturated heterocycles. The zero-order chi connectivity index (χ0) is 12.4. The van der Waals surface area contributed by atoms with Crippen LogP contribution in [0.4, 0.5) is 0 Å². The van der Waals surface area contributed by atoms with Gasteiger partial charge in [-0.2, -0.15) is 0 Å². The summed E-state index contributed by atoms with van der Waals surface area (Å²) in [4.78, 5) is 1.98. The summed E-state index contributed by atoms with van der Waals surface area (Å²) in [5, 5.41) is 0.671. The van der Waals surface area contributed by atoms with Crippen molar-refractivity contribution in [2.24, 2.45) is 0 Å². The number of ether oxygens (including phenoxy) is 1. The molecule has 1 aromatic carbocycles. The van der Waals surface area contributed by atoms with Crippen LogP contribution in [-0.4, -0.2) is 19.1 Å². The van der Waals surface area contributed by atoms with E-state index in [1.165, 1.54) is 0 Å². The van der Waals surface area contributed by atoms with E-state index in [9.17, 15) is 0 Å². The number of likely N-dealkylation sites (N-methyl/N-ethyl adjacent to an activating group) is 1. The molecule has 0 fully saturated rings. The van der Waals surface area contributed by atoms with E-state index in [2.05, 4.69) is 6.58 Å². The minimum absolute atomic E-state index is 0.671. The predicted octanol–water partition coefficient (Wildman–Crippen LogP) is 3.62. The Hall–Kier alpha value is -1.67. The molecule has 0 atom stereocenters. The molecule has 0 amide bonds. The zero-order valence-corrected chi connectivity index (χ0v) is 10.7. The lowest BCUT2D eigenvalue weighted by atomic mass is 10.1. The maximum Gasteiger partial charge on any atom is 0.118 e. The van der Waals surface area contributed by atoms with Gasteiger partial charge in [0.25, 0.3) is 0 Å². The van der Waals surface area contributed by atoms with Crippen molar-refractivity contribution in [3.8, 4) is 5.75 Å². The second-order valence-corrected chi connectivity index (χ2v) is 4.21. The Morgan fingerprint density at radius 1 is 1.18 bits per heavy atom. The molecule has 1 aliphatic rings. The summed E-state index contributed by atoms with van der Waals surface area (Å²) >= 11 is 6.02. The predicted molar refractivity (Wildman–Crippen MR) is 71.8 cm³/mol. The molecule has 0 bridgehead atoms. The van der Waals surface area contributed by atoms with Gasteiger partial charge in [0.05, 0.1) is 17.8 Å². The lowest BCUT2D eigenvalue weighted by Crippen LogP contribution is -2.18. The summed E-state index contributed by atoms with van der Waals surface area (Å²) in [5.74, 6) is 0.847. The third-order valence-electron chi connectivity index (χ3n) is 2.82. The molecule has 88 valence electrons. The molecule has 3 heteroatoms.